The largest absolute Gasteiger partial charge is 0.348 e. The lowest BCUT2D eigenvalue weighted by atomic mass is 9.81. The van der Waals surface area contributed by atoms with Gasteiger partial charge in [-0.05, 0) is 31.4 Å². The molecule has 128 valence electrons. The summed E-state index contributed by atoms with van der Waals surface area (Å²) in [7, 11) is 0. The van der Waals surface area contributed by atoms with Crippen molar-refractivity contribution in [1.82, 2.24) is 10.2 Å². The van der Waals surface area contributed by atoms with Crippen molar-refractivity contribution in [1.29, 1.82) is 0 Å². The van der Waals surface area contributed by atoms with E-state index in [1.807, 2.05) is 25.1 Å². The second kappa shape index (κ2) is 6.93. The van der Waals surface area contributed by atoms with Gasteiger partial charge in [-0.2, -0.15) is 0 Å². The van der Waals surface area contributed by atoms with Crippen molar-refractivity contribution in [2.75, 3.05) is 6.54 Å². The van der Waals surface area contributed by atoms with Crippen molar-refractivity contribution < 1.29 is 14.4 Å². The zero-order chi connectivity index (χ0) is 17.3. The first-order valence-corrected chi connectivity index (χ1v) is 8.76. The van der Waals surface area contributed by atoms with E-state index in [1.165, 1.54) is 0 Å². The Hall–Kier alpha value is -1.88. The summed E-state index contributed by atoms with van der Waals surface area (Å²) >= 11 is 6.13. The van der Waals surface area contributed by atoms with Crippen LogP contribution in [0.5, 0.6) is 0 Å². The van der Waals surface area contributed by atoms with E-state index in [-0.39, 0.29) is 42.1 Å². The van der Waals surface area contributed by atoms with E-state index in [1.54, 1.807) is 6.07 Å². The normalized spacial score (nSPS) is 24.7. The van der Waals surface area contributed by atoms with Crippen LogP contribution in [-0.2, 0) is 14.4 Å². The fourth-order valence-corrected chi connectivity index (χ4v) is 4.02. The minimum Gasteiger partial charge on any atom is -0.348 e. The summed E-state index contributed by atoms with van der Waals surface area (Å²) in [5.74, 6) is -1.17. The Balaban J connectivity index is 1.63. The van der Waals surface area contributed by atoms with Crippen LogP contribution in [-0.4, -0.2) is 29.2 Å². The maximum atomic E-state index is 12.4. The van der Waals surface area contributed by atoms with Crippen LogP contribution in [0.15, 0.2) is 24.3 Å². The van der Waals surface area contributed by atoms with Crippen LogP contribution in [0.2, 0.25) is 5.02 Å². The van der Waals surface area contributed by atoms with E-state index in [2.05, 4.69) is 5.32 Å². The molecule has 0 bridgehead atoms. The predicted molar refractivity (Wildman–Crippen MR) is 90.2 cm³/mol. The number of amides is 3. The van der Waals surface area contributed by atoms with Crippen LogP contribution in [0.1, 0.15) is 44.2 Å². The van der Waals surface area contributed by atoms with E-state index >= 15 is 0 Å². The summed E-state index contributed by atoms with van der Waals surface area (Å²) in [5.41, 5.74) is 0.806. The second-order valence-electron chi connectivity index (χ2n) is 6.57. The Kier molecular flexibility index (Phi) is 4.90. The molecule has 6 heteroatoms. The first-order valence-electron chi connectivity index (χ1n) is 8.38. The first kappa shape index (κ1) is 17.0. The summed E-state index contributed by atoms with van der Waals surface area (Å²) in [4.78, 5) is 38.2. The SMILES string of the molecule is C[C@H](NC(=O)CN1C(=O)[C@H]2CCCC[C@H]2C1=O)c1ccccc1Cl. The maximum absolute atomic E-state index is 12.4. The minimum absolute atomic E-state index is 0.190. The van der Waals surface area contributed by atoms with Crippen molar-refractivity contribution in [2.45, 2.75) is 38.6 Å². The number of hydrogen-bond donors (Lipinski definition) is 1. The summed E-state index contributed by atoms with van der Waals surface area (Å²) in [6.07, 6.45) is 3.46. The molecule has 0 unspecified atom stereocenters. The molecule has 3 atom stereocenters. The second-order valence-corrected chi connectivity index (χ2v) is 6.98. The third kappa shape index (κ3) is 3.18. The number of hydrogen-bond acceptors (Lipinski definition) is 3. The number of likely N-dealkylation sites (tertiary alicyclic amines) is 1. The molecule has 1 N–H and O–H groups in total. The third-order valence-electron chi connectivity index (χ3n) is 4.98. The van der Waals surface area contributed by atoms with Gasteiger partial charge in [0, 0.05) is 5.02 Å². The van der Waals surface area contributed by atoms with Gasteiger partial charge in [-0.15, -0.1) is 0 Å². The Morgan fingerprint density at radius 2 is 1.79 bits per heavy atom. The van der Waals surface area contributed by atoms with E-state index in [4.69, 9.17) is 11.6 Å². The van der Waals surface area contributed by atoms with E-state index in [9.17, 15) is 14.4 Å². The van der Waals surface area contributed by atoms with Crippen LogP contribution in [0.25, 0.3) is 0 Å². The maximum Gasteiger partial charge on any atom is 0.240 e. The van der Waals surface area contributed by atoms with E-state index in [0.29, 0.717) is 5.02 Å². The first-order chi connectivity index (χ1) is 11.5. The fourth-order valence-electron chi connectivity index (χ4n) is 3.72. The van der Waals surface area contributed by atoms with Gasteiger partial charge >= 0.3 is 0 Å². The molecule has 1 aliphatic heterocycles. The molecule has 24 heavy (non-hydrogen) atoms. The van der Waals surface area contributed by atoms with Gasteiger partial charge in [-0.25, -0.2) is 0 Å². The number of fused-ring (bicyclic) bond motifs is 1. The lowest BCUT2D eigenvalue weighted by Gasteiger charge is -2.19. The van der Waals surface area contributed by atoms with Crippen LogP contribution in [0, 0.1) is 11.8 Å². The Labute approximate surface area is 146 Å². The number of nitrogens with zero attached hydrogens (tertiary/aromatic N) is 1. The highest BCUT2D eigenvalue weighted by molar-refractivity contribution is 6.31. The number of carbonyl (C=O) groups excluding carboxylic acids is 3. The quantitative estimate of drug-likeness (QED) is 0.851. The monoisotopic (exact) mass is 348 g/mol. The van der Waals surface area contributed by atoms with Crippen molar-refractivity contribution >= 4 is 29.3 Å². The van der Waals surface area contributed by atoms with E-state index < -0.39 is 0 Å². The molecule has 2 fully saturated rings. The molecule has 0 radical (unpaired) electrons. The molecule has 3 rings (SSSR count). The fraction of sp³-hybridized carbons (Fsp3) is 0.500. The average molecular weight is 349 g/mol. The molecule has 3 amide bonds. The number of halogens is 1. The standard InChI is InChI=1S/C18H21ClN2O3/c1-11(12-6-4-5-9-15(12)19)20-16(22)10-21-17(23)13-7-2-3-8-14(13)18(21)24/h4-6,9,11,13-14H,2-3,7-8,10H2,1H3,(H,20,22)/t11-,13-,14+/m0/s1. The van der Waals surface area contributed by atoms with Gasteiger partial charge in [0.05, 0.1) is 17.9 Å². The van der Waals surface area contributed by atoms with Crippen LogP contribution < -0.4 is 5.32 Å². The third-order valence-corrected chi connectivity index (χ3v) is 5.33. The van der Waals surface area contributed by atoms with Gasteiger partial charge in [-0.1, -0.05) is 42.6 Å². The van der Waals surface area contributed by atoms with Crippen molar-refractivity contribution in [3.8, 4) is 0 Å². The molecule has 1 aromatic rings. The predicted octanol–water partition coefficient (Wildman–Crippen LogP) is 2.69. The highest BCUT2D eigenvalue weighted by atomic mass is 35.5. The Morgan fingerprint density at radius 3 is 2.38 bits per heavy atom. The van der Waals surface area contributed by atoms with Gasteiger partial charge in [0.15, 0.2) is 0 Å². The lowest BCUT2D eigenvalue weighted by Crippen LogP contribution is -2.41. The van der Waals surface area contributed by atoms with Gasteiger partial charge < -0.3 is 5.32 Å². The minimum atomic E-state index is -0.345. The van der Waals surface area contributed by atoms with Crippen molar-refractivity contribution in [2.24, 2.45) is 11.8 Å². The van der Waals surface area contributed by atoms with Crippen LogP contribution >= 0.6 is 11.6 Å². The van der Waals surface area contributed by atoms with Crippen molar-refractivity contribution in [3.63, 3.8) is 0 Å². The topological polar surface area (TPSA) is 66.5 Å². The lowest BCUT2D eigenvalue weighted by molar-refractivity contribution is -0.143. The highest BCUT2D eigenvalue weighted by Crippen LogP contribution is 2.37. The zero-order valence-electron chi connectivity index (χ0n) is 13.6. The molecule has 1 aliphatic carbocycles. The number of rotatable bonds is 4. The van der Waals surface area contributed by atoms with Crippen LogP contribution in [0.3, 0.4) is 0 Å². The smallest absolute Gasteiger partial charge is 0.240 e. The number of imide groups is 1. The zero-order valence-corrected chi connectivity index (χ0v) is 14.4. The molecule has 1 heterocycles. The van der Waals surface area contributed by atoms with Gasteiger partial charge in [0.2, 0.25) is 17.7 Å². The summed E-state index contributed by atoms with van der Waals surface area (Å²) in [5, 5.41) is 3.39. The van der Waals surface area contributed by atoms with Crippen LogP contribution in [0.4, 0.5) is 0 Å². The number of carbonyl (C=O) groups is 3. The molecule has 1 aromatic carbocycles. The van der Waals surface area contributed by atoms with E-state index in [0.717, 1.165) is 36.1 Å². The Bertz CT molecular complexity index is 652. The molecular formula is C18H21ClN2O3. The molecule has 1 saturated heterocycles. The summed E-state index contributed by atoms with van der Waals surface area (Å²) < 4.78 is 0. The number of nitrogens with one attached hydrogen (secondary N) is 1. The molecule has 5 nitrogen and oxygen atoms in total. The summed E-state index contributed by atoms with van der Waals surface area (Å²) in [6, 6.07) is 6.98. The van der Waals surface area contributed by atoms with Gasteiger partial charge in [0.1, 0.15) is 6.54 Å². The van der Waals surface area contributed by atoms with Gasteiger partial charge in [0.25, 0.3) is 0 Å². The molecule has 2 aliphatic rings. The molecule has 0 aromatic heterocycles. The molecule has 0 spiro atoms. The molecular weight excluding hydrogens is 328 g/mol. The molecule has 1 saturated carbocycles. The Morgan fingerprint density at radius 1 is 1.21 bits per heavy atom. The highest BCUT2D eigenvalue weighted by Gasteiger charge is 2.48. The van der Waals surface area contributed by atoms with Crippen molar-refractivity contribution in [3.05, 3.63) is 34.9 Å². The van der Waals surface area contributed by atoms with Gasteiger partial charge in [-0.3, -0.25) is 19.3 Å². The summed E-state index contributed by atoms with van der Waals surface area (Å²) in [6.45, 7) is 1.62. The average Bonchev–Trinajstić information content (AvgIpc) is 2.80. The number of benzene rings is 1.